The molecular weight excluding hydrogens is 1930 g/mol. The summed E-state index contributed by atoms with van der Waals surface area (Å²) in [7, 11) is 0. The van der Waals surface area contributed by atoms with Gasteiger partial charge in [0.25, 0.3) is 0 Å². The first-order valence-electron chi connectivity index (χ1n) is 47.9. The monoisotopic (exact) mass is 2040 g/mol. The van der Waals surface area contributed by atoms with Crippen LogP contribution in [-0.4, -0.2) is 273 Å². The predicted octanol–water partition coefficient (Wildman–Crippen LogP) is -2.33. The molecule has 0 unspecified atom stereocenters. The molecule has 2 aliphatic heterocycles. The zero-order valence-electron chi connectivity index (χ0n) is 80.8. The molecule has 0 radical (unpaired) electrons. The average Bonchev–Trinajstić information content (AvgIpc) is 1.73. The number of aromatic nitrogens is 5. The minimum absolute atomic E-state index is 0.115. The highest BCUT2D eigenvalue weighted by Gasteiger charge is 2.43. The molecular formula is C103H115N23O23. The van der Waals surface area contributed by atoms with Crippen molar-refractivity contribution in [3.05, 3.63) is 258 Å². The Balaban J connectivity index is 0.784. The van der Waals surface area contributed by atoms with Gasteiger partial charge in [-0.2, -0.15) is 0 Å². The Morgan fingerprint density at radius 1 is 0.423 bits per heavy atom. The van der Waals surface area contributed by atoms with Crippen LogP contribution < -0.4 is 91.2 Å². The standard InChI is InChI=1S/C103H115N23O23/c1-54-102(147)126-35-15-26-83(126)100(145)123-81(46-86(132)110-51-87(133)114-79(44-84(104)130)97(142)119-77(41-61-48-108-70-24-13-10-21-67(61)70)96(141)121-78(43-63-50-106-53-112-63)90(135)111-52-88(134)125-89(55(2)127)101(146)113-54)99(144)120-76(40-60-47-107-69-23-12-9-20-66(60)69)95(140)117-72(36-56-16-5-3-6-17-56)91(136)115-73(37-57-18-7-4-8-19-57)93(138)122-80(45-85(105)131)98(143)118-74(38-58-27-31-64(128)32-28-58)92(137)116-75(39-59-29-33-65(129)34-30-59)94(139)124-82(103(148)149)42-62-49-109-71-25-14-11-22-68(62)71/h3-14,16-25,27-34,47-50,53-55,72-83,89,107-109,127-129H,15,26,35-46,51-52H2,1-2H3,(H2,104,130)(H2,105,131)(H,106,112)(H,110,132)(H,111,135)(H,113,146)(H,114,133)(H,115,136)(H,116,137)(H,117,140)(H,118,143)(H,119,142)(H,120,144)(H,121,141)(H,122,138)(H,123,145)(H,124,139)(H,125,134)(H,148,149)/t54-,55+,72-,73-,74-,75-,76-,77-,78-,79-,80-,81-,82-,83-,89-/m0/s1. The first kappa shape index (κ1) is 108. The third-order valence-corrected chi connectivity index (χ3v) is 25.3. The topological polar surface area (TPSA) is 717 Å². The number of carboxylic acid groups (broad SMARTS) is 1. The van der Waals surface area contributed by atoms with E-state index in [0.29, 0.717) is 71.7 Å². The van der Waals surface area contributed by atoms with Gasteiger partial charge in [-0.3, -0.25) is 86.3 Å². The number of nitrogens with one attached hydrogen (secondary N) is 19. The molecule has 2 aliphatic rings. The summed E-state index contributed by atoms with van der Waals surface area (Å²) < 4.78 is 0. The summed E-state index contributed by atoms with van der Waals surface area (Å²) in [5.74, 6) is -21.9. The van der Waals surface area contributed by atoms with Crippen molar-refractivity contribution < 1.29 is 112 Å². The van der Waals surface area contributed by atoms with Crippen LogP contribution >= 0.6 is 0 Å². The van der Waals surface area contributed by atoms with Gasteiger partial charge in [-0.25, -0.2) is 9.78 Å². The Morgan fingerprint density at radius 3 is 1.32 bits per heavy atom. The second-order valence-corrected chi connectivity index (χ2v) is 36.4. The van der Waals surface area contributed by atoms with Gasteiger partial charge in [0.1, 0.15) is 96.1 Å². The number of aromatic hydroxyl groups is 2. The van der Waals surface area contributed by atoms with Crippen molar-refractivity contribution in [1.29, 1.82) is 0 Å². The van der Waals surface area contributed by atoms with Crippen molar-refractivity contribution >= 4 is 145 Å². The number of imidazole rings is 1. The van der Waals surface area contributed by atoms with Gasteiger partial charge in [0.15, 0.2) is 0 Å². The number of primary amides is 2. The first-order valence-corrected chi connectivity index (χ1v) is 47.9. The molecule has 0 bridgehead atoms. The average molecular weight is 2040 g/mol. The number of nitrogens with two attached hydrogens (primary N) is 2. The van der Waals surface area contributed by atoms with Crippen molar-refractivity contribution in [2.24, 2.45) is 11.5 Å². The molecule has 27 N–H and O–H groups in total. The molecule has 11 aromatic rings. The molecule has 7 aromatic carbocycles. The molecule has 0 aliphatic carbocycles. The lowest BCUT2D eigenvalue weighted by Gasteiger charge is -2.30. The number of aromatic amines is 4. The molecule has 0 saturated carbocycles. The summed E-state index contributed by atoms with van der Waals surface area (Å²) in [5, 5.41) is 81.7. The first-order chi connectivity index (χ1) is 71.4. The number of carboxylic acids is 1. The minimum Gasteiger partial charge on any atom is -0.508 e. The smallest absolute Gasteiger partial charge is 0.326 e. The summed E-state index contributed by atoms with van der Waals surface area (Å²) in [5.41, 5.74) is 16.3. The van der Waals surface area contributed by atoms with Gasteiger partial charge >= 0.3 is 5.97 Å². The van der Waals surface area contributed by atoms with Crippen molar-refractivity contribution in [2.45, 2.75) is 188 Å². The molecule has 15 atom stereocenters. The Kier molecular flexibility index (Phi) is 36.9. The lowest BCUT2D eigenvalue weighted by atomic mass is 10.00. The number of para-hydroxylation sites is 3. The number of hydrogen-bond acceptors (Lipinski definition) is 23. The van der Waals surface area contributed by atoms with E-state index in [1.807, 2.05) is 0 Å². The number of amides is 18. The Labute approximate surface area is 850 Å². The Hall–Kier alpha value is -18.1. The van der Waals surface area contributed by atoms with Crippen LogP contribution in [0.2, 0.25) is 0 Å². The van der Waals surface area contributed by atoms with Crippen LogP contribution in [0.5, 0.6) is 11.5 Å². The number of hydrogen-bond donors (Lipinski definition) is 25. The van der Waals surface area contributed by atoms with E-state index in [1.165, 1.54) is 74.2 Å². The molecule has 46 nitrogen and oxygen atoms in total. The molecule has 4 aromatic heterocycles. The maximum absolute atomic E-state index is 15.9. The highest BCUT2D eigenvalue weighted by Crippen LogP contribution is 2.27. The number of aliphatic hydroxyl groups excluding tert-OH is 1. The number of aliphatic hydroxyl groups is 1. The van der Waals surface area contributed by atoms with Gasteiger partial charge in [-0.05, 0) is 108 Å². The molecule has 2 saturated heterocycles. The number of fused-ring (bicyclic) bond motifs is 4. The van der Waals surface area contributed by atoms with Crippen molar-refractivity contribution in [3.8, 4) is 11.5 Å². The maximum atomic E-state index is 15.9. The van der Waals surface area contributed by atoms with E-state index in [2.05, 4.69) is 105 Å². The van der Waals surface area contributed by atoms with Gasteiger partial charge in [0, 0.05) is 115 Å². The summed E-state index contributed by atoms with van der Waals surface area (Å²) in [6.07, 6.45) is -0.237. The van der Waals surface area contributed by atoms with E-state index >= 15 is 33.6 Å². The van der Waals surface area contributed by atoms with Crippen LogP contribution in [-0.2, 0) is 142 Å². The highest BCUT2D eigenvalue weighted by molar-refractivity contribution is 6.04. The van der Waals surface area contributed by atoms with E-state index in [4.69, 9.17) is 11.5 Å². The van der Waals surface area contributed by atoms with Gasteiger partial charge in [0.2, 0.25) is 106 Å². The fraction of sp³-hybridized carbons (Fsp3) is 0.320. The highest BCUT2D eigenvalue weighted by atomic mass is 16.4. The number of carbonyl (C=O) groups excluding carboxylic acids is 18. The van der Waals surface area contributed by atoms with Crippen LogP contribution in [0.15, 0.2) is 213 Å². The van der Waals surface area contributed by atoms with E-state index < -0.39 is 255 Å². The van der Waals surface area contributed by atoms with E-state index in [9.17, 15) is 78.0 Å². The van der Waals surface area contributed by atoms with Crippen LogP contribution in [0.25, 0.3) is 32.7 Å². The lowest BCUT2D eigenvalue weighted by molar-refractivity contribution is -0.143. The van der Waals surface area contributed by atoms with Gasteiger partial charge in [0.05, 0.1) is 50.5 Å². The van der Waals surface area contributed by atoms with Crippen molar-refractivity contribution in [3.63, 3.8) is 0 Å². The van der Waals surface area contributed by atoms with E-state index in [-0.39, 0.29) is 68.7 Å². The zero-order chi connectivity index (χ0) is 107. The number of aliphatic carboxylic acids is 1. The van der Waals surface area contributed by atoms with Gasteiger partial charge < -0.3 is 136 Å². The number of benzene rings is 7. The molecule has 2 fully saturated rings. The molecule has 18 amide bonds. The third-order valence-electron chi connectivity index (χ3n) is 25.3. The van der Waals surface area contributed by atoms with Gasteiger partial charge in [-0.15, -0.1) is 0 Å². The van der Waals surface area contributed by atoms with Crippen LogP contribution in [0.3, 0.4) is 0 Å². The zero-order valence-corrected chi connectivity index (χ0v) is 80.8. The summed E-state index contributed by atoms with van der Waals surface area (Å²) >= 11 is 0. The largest absolute Gasteiger partial charge is 0.508 e. The van der Waals surface area contributed by atoms with Crippen LogP contribution in [0.1, 0.15) is 90.6 Å². The number of carbonyl (C=O) groups is 19. The number of phenolic OH excluding ortho intramolecular Hbond substituents is 2. The maximum Gasteiger partial charge on any atom is 0.326 e. The van der Waals surface area contributed by atoms with Crippen LogP contribution in [0.4, 0.5) is 0 Å². The second kappa shape index (κ2) is 50.9. The third kappa shape index (κ3) is 30.3. The molecule has 6 heterocycles. The summed E-state index contributed by atoms with van der Waals surface area (Å²) in [6.45, 7) is 0.269. The predicted molar refractivity (Wildman–Crippen MR) is 535 cm³/mol. The molecule has 0 spiro atoms. The van der Waals surface area contributed by atoms with Gasteiger partial charge in [-0.1, -0.05) is 140 Å². The summed E-state index contributed by atoms with van der Waals surface area (Å²) in [6, 6.07) is 23.2. The molecule has 46 heteroatoms. The lowest BCUT2D eigenvalue weighted by Crippen LogP contribution is -2.62. The fourth-order valence-corrected chi connectivity index (χ4v) is 17.5. The van der Waals surface area contributed by atoms with Crippen molar-refractivity contribution in [2.75, 3.05) is 19.6 Å². The summed E-state index contributed by atoms with van der Waals surface area (Å²) in [4.78, 5) is 294. The minimum atomic E-state index is -2.11. The van der Waals surface area contributed by atoms with E-state index in [1.54, 1.807) is 146 Å². The number of H-pyrrole nitrogens is 4. The Morgan fingerprint density at radius 2 is 0.846 bits per heavy atom. The van der Waals surface area contributed by atoms with Crippen molar-refractivity contribution in [1.82, 2.24) is 110 Å². The molecule has 149 heavy (non-hydrogen) atoms. The van der Waals surface area contributed by atoms with Crippen LogP contribution in [0, 0.1) is 0 Å². The number of phenols is 2. The number of rotatable bonds is 36. The molecule has 780 valence electrons. The van der Waals surface area contributed by atoms with E-state index in [0.717, 1.165) is 11.8 Å². The second-order valence-electron chi connectivity index (χ2n) is 36.4. The molecule has 13 rings (SSSR count). The SMILES string of the molecule is C[C@@H]1NC(=O)[C@H]([C@@H](C)O)NC(=O)CNC(=O)[C@H](Cc2c[nH]cn2)NC(=O)[C@H](Cc2c[nH]c3ccccc23)NC(=O)[C@H](CC(N)=O)NC(=O)CNC(=O)C[C@@H](C(=O)N[C@@H](Cc2c[nH]c3ccccc23)C(=O)N[C@@H](Cc2ccccc2)C(=O)N[C@@H](Cc2ccccc2)C(=O)N[C@@H](CC(N)=O)C(=O)N[C@@H](Cc2ccc(O)cc2)C(=O)N[C@@H](Cc2ccc(O)cc2)C(=O)N[C@@H](Cc2c[nH]c3ccccc23)C(=O)O)NC(=O)[C@@H]2CCCN2C1=O. The quantitative estimate of drug-likeness (QED) is 0.0196. The number of nitrogens with zero attached hydrogens (tertiary/aromatic N) is 2. The fourth-order valence-electron chi connectivity index (χ4n) is 17.5. The normalized spacial score (nSPS) is 19.1. The Bertz CT molecular complexity index is 6740.